The molecule has 18 heavy (non-hydrogen) atoms. The fourth-order valence-corrected chi connectivity index (χ4v) is 1.68. The van der Waals surface area contributed by atoms with Crippen molar-refractivity contribution >= 4 is 11.3 Å². The van der Waals surface area contributed by atoms with Gasteiger partial charge in [-0.2, -0.15) is 13.2 Å². The number of hydrogen-bond donors (Lipinski definition) is 1. The van der Waals surface area contributed by atoms with Crippen LogP contribution in [0.25, 0.3) is 0 Å². The van der Waals surface area contributed by atoms with Gasteiger partial charge in [-0.3, -0.25) is 0 Å². The van der Waals surface area contributed by atoms with Crippen molar-refractivity contribution in [3.63, 3.8) is 0 Å². The Balaban J connectivity index is 2.39. The second kappa shape index (κ2) is 6.86. The van der Waals surface area contributed by atoms with Gasteiger partial charge in [-0.15, -0.1) is 5.10 Å². The minimum atomic E-state index is -4.40. The van der Waals surface area contributed by atoms with Crippen LogP contribution in [0.4, 0.5) is 13.2 Å². The van der Waals surface area contributed by atoms with E-state index in [1.807, 2.05) is 0 Å². The van der Waals surface area contributed by atoms with Crippen LogP contribution in [0.5, 0.6) is 5.19 Å². The van der Waals surface area contributed by atoms with E-state index in [9.17, 15) is 13.2 Å². The van der Waals surface area contributed by atoms with Gasteiger partial charge in [0.1, 0.15) is 5.01 Å². The summed E-state index contributed by atoms with van der Waals surface area (Å²) in [5, 5.41) is 10.8. The first-order valence-corrected chi connectivity index (χ1v) is 6.00. The molecule has 5 nitrogen and oxygen atoms in total. The van der Waals surface area contributed by atoms with Gasteiger partial charge in [0.2, 0.25) is 0 Å². The van der Waals surface area contributed by atoms with Crippen LogP contribution < -0.4 is 10.1 Å². The van der Waals surface area contributed by atoms with E-state index >= 15 is 0 Å². The quantitative estimate of drug-likeness (QED) is 0.771. The standard InChI is InChI=1S/C9H14F3N3O2S/c1-6(9(10,11)12)17-8-15-14-7(18-8)5-13-3-4-16-2/h6,13H,3-5H2,1-2H3. The number of rotatable bonds is 7. The number of nitrogens with zero attached hydrogens (tertiary/aromatic N) is 2. The molecule has 1 rings (SSSR count). The zero-order valence-corrected chi connectivity index (χ0v) is 10.8. The maximum absolute atomic E-state index is 12.2. The predicted molar refractivity (Wildman–Crippen MR) is 59.6 cm³/mol. The molecule has 1 heterocycles. The van der Waals surface area contributed by atoms with Gasteiger partial charge < -0.3 is 14.8 Å². The fraction of sp³-hybridized carbons (Fsp3) is 0.778. The van der Waals surface area contributed by atoms with Crippen LogP contribution in [0, 0.1) is 0 Å². The summed E-state index contributed by atoms with van der Waals surface area (Å²) in [4.78, 5) is 0. The Morgan fingerprint density at radius 3 is 2.72 bits per heavy atom. The lowest BCUT2D eigenvalue weighted by atomic mass is 10.4. The third-order valence-corrected chi connectivity index (χ3v) is 2.76. The van der Waals surface area contributed by atoms with Gasteiger partial charge in [-0.1, -0.05) is 16.4 Å². The van der Waals surface area contributed by atoms with Crippen molar-refractivity contribution in [1.29, 1.82) is 0 Å². The van der Waals surface area contributed by atoms with Gasteiger partial charge in [-0.05, 0) is 6.92 Å². The van der Waals surface area contributed by atoms with Gasteiger partial charge in [0.05, 0.1) is 6.61 Å². The SMILES string of the molecule is COCCNCc1nnc(OC(C)C(F)(F)F)s1. The first-order valence-electron chi connectivity index (χ1n) is 5.19. The Morgan fingerprint density at radius 1 is 1.39 bits per heavy atom. The number of aromatic nitrogens is 2. The molecular weight excluding hydrogens is 271 g/mol. The Hall–Kier alpha value is -0.930. The van der Waals surface area contributed by atoms with E-state index in [-0.39, 0.29) is 5.19 Å². The number of ether oxygens (including phenoxy) is 2. The molecule has 104 valence electrons. The smallest absolute Gasteiger partial charge is 0.425 e. The maximum Gasteiger partial charge on any atom is 0.425 e. The minimum absolute atomic E-state index is 0.0802. The van der Waals surface area contributed by atoms with Crippen molar-refractivity contribution in [3.05, 3.63) is 5.01 Å². The molecule has 0 bridgehead atoms. The van der Waals surface area contributed by atoms with Crippen molar-refractivity contribution in [3.8, 4) is 5.19 Å². The second-order valence-corrected chi connectivity index (χ2v) is 4.46. The molecule has 0 fully saturated rings. The van der Waals surface area contributed by atoms with E-state index in [2.05, 4.69) is 20.3 Å². The molecule has 1 aromatic heterocycles. The molecule has 0 saturated carbocycles. The summed E-state index contributed by atoms with van der Waals surface area (Å²) in [6.45, 7) is 2.53. The molecule has 0 spiro atoms. The number of alkyl halides is 3. The molecule has 0 aliphatic carbocycles. The molecule has 1 atom stereocenters. The van der Waals surface area contributed by atoms with E-state index in [0.717, 1.165) is 18.3 Å². The average molecular weight is 285 g/mol. The topological polar surface area (TPSA) is 56.3 Å². The van der Waals surface area contributed by atoms with Gasteiger partial charge in [0.25, 0.3) is 5.19 Å². The van der Waals surface area contributed by atoms with E-state index in [1.165, 1.54) is 0 Å². The van der Waals surface area contributed by atoms with Crippen LogP contribution >= 0.6 is 11.3 Å². The lowest BCUT2D eigenvalue weighted by molar-refractivity contribution is -0.189. The molecule has 0 aliphatic rings. The van der Waals surface area contributed by atoms with Crippen molar-refractivity contribution in [1.82, 2.24) is 15.5 Å². The molecule has 1 N–H and O–H groups in total. The highest BCUT2D eigenvalue weighted by Gasteiger charge is 2.38. The highest BCUT2D eigenvalue weighted by atomic mass is 32.1. The van der Waals surface area contributed by atoms with Gasteiger partial charge in [0, 0.05) is 20.2 Å². The molecule has 0 aliphatic heterocycles. The molecule has 1 unspecified atom stereocenters. The van der Waals surface area contributed by atoms with Crippen LogP contribution in [0.15, 0.2) is 0 Å². The zero-order valence-electron chi connectivity index (χ0n) is 9.95. The first kappa shape index (κ1) is 15.1. The van der Waals surface area contributed by atoms with Crippen LogP contribution in [0.3, 0.4) is 0 Å². The highest BCUT2D eigenvalue weighted by Crippen LogP contribution is 2.26. The monoisotopic (exact) mass is 285 g/mol. The van der Waals surface area contributed by atoms with Gasteiger partial charge in [0.15, 0.2) is 6.10 Å². The lowest BCUT2D eigenvalue weighted by Crippen LogP contribution is -2.31. The maximum atomic E-state index is 12.2. The third-order valence-electron chi connectivity index (χ3n) is 1.95. The van der Waals surface area contributed by atoms with E-state index < -0.39 is 12.3 Å². The van der Waals surface area contributed by atoms with E-state index in [1.54, 1.807) is 7.11 Å². The molecule has 0 aromatic carbocycles. The van der Waals surface area contributed by atoms with Gasteiger partial charge >= 0.3 is 6.18 Å². The number of halogens is 3. The summed E-state index contributed by atoms with van der Waals surface area (Å²) in [6, 6.07) is 0. The van der Waals surface area contributed by atoms with Crippen LogP contribution in [-0.2, 0) is 11.3 Å². The minimum Gasteiger partial charge on any atom is -0.456 e. The summed E-state index contributed by atoms with van der Waals surface area (Å²) in [5.74, 6) is 0. The Kier molecular flexibility index (Phi) is 5.76. The normalized spacial score (nSPS) is 13.6. The average Bonchev–Trinajstić information content (AvgIpc) is 2.71. The summed E-state index contributed by atoms with van der Waals surface area (Å²) in [5.41, 5.74) is 0. The van der Waals surface area contributed by atoms with Crippen LogP contribution in [0.1, 0.15) is 11.9 Å². The van der Waals surface area contributed by atoms with E-state index in [0.29, 0.717) is 24.7 Å². The third kappa shape index (κ3) is 5.15. The van der Waals surface area contributed by atoms with Crippen molar-refractivity contribution in [2.75, 3.05) is 20.3 Å². The lowest BCUT2D eigenvalue weighted by Gasteiger charge is -2.14. The van der Waals surface area contributed by atoms with Crippen LogP contribution in [-0.4, -0.2) is 42.7 Å². The van der Waals surface area contributed by atoms with Crippen LogP contribution in [0.2, 0.25) is 0 Å². The predicted octanol–water partition coefficient (Wildman–Crippen LogP) is 1.60. The fourth-order valence-electron chi connectivity index (χ4n) is 0.945. The van der Waals surface area contributed by atoms with Crippen molar-refractivity contribution in [2.24, 2.45) is 0 Å². The largest absolute Gasteiger partial charge is 0.456 e. The van der Waals surface area contributed by atoms with E-state index in [4.69, 9.17) is 4.74 Å². The Morgan fingerprint density at radius 2 is 2.11 bits per heavy atom. The summed E-state index contributed by atoms with van der Waals surface area (Å²) < 4.78 is 46.2. The molecule has 0 saturated heterocycles. The Bertz CT molecular complexity index is 359. The number of methoxy groups -OCH3 is 1. The summed E-state index contributed by atoms with van der Waals surface area (Å²) >= 11 is 0.988. The number of hydrogen-bond acceptors (Lipinski definition) is 6. The van der Waals surface area contributed by atoms with Crippen molar-refractivity contribution < 1.29 is 22.6 Å². The molecule has 0 radical (unpaired) electrons. The molecule has 0 amide bonds. The summed E-state index contributed by atoms with van der Waals surface area (Å²) in [7, 11) is 1.58. The highest BCUT2D eigenvalue weighted by molar-refractivity contribution is 7.13. The summed E-state index contributed by atoms with van der Waals surface area (Å²) in [6.07, 6.45) is -6.29. The number of nitrogens with one attached hydrogen (secondary N) is 1. The second-order valence-electron chi connectivity index (χ2n) is 3.43. The Labute approximate surface area is 106 Å². The van der Waals surface area contributed by atoms with Gasteiger partial charge in [-0.25, -0.2) is 0 Å². The van der Waals surface area contributed by atoms with Crippen molar-refractivity contribution in [2.45, 2.75) is 25.7 Å². The first-order chi connectivity index (χ1) is 8.43. The molecule has 1 aromatic rings. The zero-order chi connectivity index (χ0) is 13.6. The molecular formula is C9H14F3N3O2S. The molecule has 9 heteroatoms.